The first-order valence-corrected chi connectivity index (χ1v) is 7.58. The zero-order valence-corrected chi connectivity index (χ0v) is 13.0. The van der Waals surface area contributed by atoms with E-state index < -0.39 is 6.10 Å². The average Bonchev–Trinajstić information content (AvgIpc) is 2.54. The maximum absolute atomic E-state index is 12.8. The number of hydrogen-bond acceptors (Lipinski definition) is 2. The number of aliphatic hydroxyl groups is 1. The lowest BCUT2D eigenvalue weighted by Gasteiger charge is -2.20. The monoisotopic (exact) mass is 316 g/mol. The van der Waals surface area contributed by atoms with Crippen LogP contribution in [0, 0.1) is 5.82 Å². The van der Waals surface area contributed by atoms with E-state index in [1.807, 2.05) is 30.3 Å². The highest BCUT2D eigenvalue weighted by molar-refractivity contribution is 5.89. The third-order valence-electron chi connectivity index (χ3n) is 3.51. The fraction of sp³-hybridized carbons (Fsp3) is 0.278. The Bertz CT molecular complexity index is 615. The van der Waals surface area contributed by atoms with Gasteiger partial charge < -0.3 is 15.7 Å². The molecule has 0 aromatic heterocycles. The third-order valence-corrected chi connectivity index (χ3v) is 3.51. The summed E-state index contributed by atoms with van der Waals surface area (Å²) in [5, 5.41) is 15.1. The van der Waals surface area contributed by atoms with Crippen LogP contribution >= 0.6 is 0 Å². The van der Waals surface area contributed by atoms with Crippen LogP contribution in [0.5, 0.6) is 0 Å². The molecule has 5 heteroatoms. The molecule has 3 N–H and O–H groups in total. The minimum absolute atomic E-state index is 0.0233. The molecule has 0 aliphatic carbocycles. The van der Waals surface area contributed by atoms with E-state index in [2.05, 4.69) is 10.6 Å². The Morgan fingerprint density at radius 3 is 2.39 bits per heavy atom. The van der Waals surface area contributed by atoms with Gasteiger partial charge in [0.2, 0.25) is 0 Å². The number of hydrogen-bond donors (Lipinski definition) is 3. The summed E-state index contributed by atoms with van der Waals surface area (Å²) in [5.74, 6) is -0.327. The number of nitrogens with one attached hydrogen (secondary N) is 2. The van der Waals surface area contributed by atoms with Gasteiger partial charge in [0, 0.05) is 18.2 Å². The van der Waals surface area contributed by atoms with Gasteiger partial charge in [-0.25, -0.2) is 9.18 Å². The van der Waals surface area contributed by atoms with Gasteiger partial charge in [-0.05, 0) is 43.2 Å². The average molecular weight is 316 g/mol. The first-order valence-electron chi connectivity index (χ1n) is 7.58. The molecule has 2 unspecified atom stereocenters. The van der Waals surface area contributed by atoms with E-state index in [4.69, 9.17) is 0 Å². The minimum Gasteiger partial charge on any atom is -0.393 e. The van der Waals surface area contributed by atoms with Gasteiger partial charge in [0.05, 0.1) is 6.10 Å². The first kappa shape index (κ1) is 17.0. The SMILES string of the molecule is CC(O)CC(CNC(=O)Nc1ccc(F)cc1)c1ccccc1. The molecule has 4 nitrogen and oxygen atoms in total. The highest BCUT2D eigenvalue weighted by atomic mass is 19.1. The summed E-state index contributed by atoms with van der Waals surface area (Å²) in [6.07, 6.45) is 0.100. The third kappa shape index (κ3) is 5.71. The first-order chi connectivity index (χ1) is 11.0. The fourth-order valence-electron chi connectivity index (χ4n) is 2.40. The number of rotatable bonds is 6. The Balaban J connectivity index is 1.92. The Morgan fingerprint density at radius 1 is 1.13 bits per heavy atom. The molecule has 2 atom stereocenters. The van der Waals surface area contributed by atoms with Gasteiger partial charge in [-0.1, -0.05) is 30.3 Å². The van der Waals surface area contributed by atoms with Crippen molar-refractivity contribution in [2.75, 3.05) is 11.9 Å². The lowest BCUT2D eigenvalue weighted by Crippen LogP contribution is -2.33. The van der Waals surface area contributed by atoms with Crippen LogP contribution in [0.4, 0.5) is 14.9 Å². The van der Waals surface area contributed by atoms with Crippen molar-refractivity contribution in [1.29, 1.82) is 0 Å². The molecule has 0 aliphatic heterocycles. The van der Waals surface area contributed by atoms with Crippen LogP contribution in [0.3, 0.4) is 0 Å². The smallest absolute Gasteiger partial charge is 0.319 e. The van der Waals surface area contributed by atoms with Crippen molar-refractivity contribution in [2.45, 2.75) is 25.4 Å². The summed E-state index contributed by atoms with van der Waals surface area (Å²) >= 11 is 0. The number of carbonyl (C=O) groups excluding carboxylic acids is 1. The van der Waals surface area contributed by atoms with Crippen LogP contribution in [-0.4, -0.2) is 23.8 Å². The molecule has 2 aromatic carbocycles. The van der Waals surface area contributed by atoms with E-state index in [1.54, 1.807) is 6.92 Å². The van der Waals surface area contributed by atoms with Crippen molar-refractivity contribution in [3.8, 4) is 0 Å². The summed E-state index contributed by atoms with van der Waals surface area (Å²) in [4.78, 5) is 11.9. The largest absolute Gasteiger partial charge is 0.393 e. The summed E-state index contributed by atoms with van der Waals surface area (Å²) in [5.41, 5.74) is 1.59. The predicted molar refractivity (Wildman–Crippen MR) is 88.9 cm³/mol. The lowest BCUT2D eigenvalue weighted by atomic mass is 9.93. The topological polar surface area (TPSA) is 61.4 Å². The van der Waals surface area contributed by atoms with Crippen LogP contribution in [0.25, 0.3) is 0 Å². The minimum atomic E-state index is -0.456. The Hall–Kier alpha value is -2.40. The quantitative estimate of drug-likeness (QED) is 0.764. The van der Waals surface area contributed by atoms with E-state index in [-0.39, 0.29) is 17.8 Å². The highest BCUT2D eigenvalue weighted by Crippen LogP contribution is 2.20. The molecule has 122 valence electrons. The summed E-state index contributed by atoms with van der Waals surface area (Å²) < 4.78 is 12.8. The Morgan fingerprint density at radius 2 is 1.78 bits per heavy atom. The molecule has 0 bridgehead atoms. The van der Waals surface area contributed by atoms with E-state index in [1.165, 1.54) is 24.3 Å². The van der Waals surface area contributed by atoms with E-state index >= 15 is 0 Å². The molecule has 0 saturated carbocycles. The van der Waals surface area contributed by atoms with Crippen LogP contribution in [0.2, 0.25) is 0 Å². The normalized spacial score (nSPS) is 13.2. The highest BCUT2D eigenvalue weighted by Gasteiger charge is 2.15. The molecule has 0 aliphatic rings. The molecule has 23 heavy (non-hydrogen) atoms. The van der Waals surface area contributed by atoms with E-state index in [0.717, 1.165) is 5.56 Å². The molecule has 0 spiro atoms. The van der Waals surface area contributed by atoms with Crippen molar-refractivity contribution in [3.05, 3.63) is 66.0 Å². The molecule has 0 heterocycles. The number of amides is 2. The van der Waals surface area contributed by atoms with Crippen molar-refractivity contribution in [3.63, 3.8) is 0 Å². The number of benzene rings is 2. The number of aliphatic hydroxyl groups excluding tert-OH is 1. The fourth-order valence-corrected chi connectivity index (χ4v) is 2.40. The van der Waals surface area contributed by atoms with Crippen LogP contribution in [0.15, 0.2) is 54.6 Å². The summed E-state index contributed by atoms with van der Waals surface area (Å²) in [6.45, 7) is 2.14. The second-order valence-corrected chi connectivity index (χ2v) is 5.53. The Kier molecular flexibility index (Phi) is 6.11. The second-order valence-electron chi connectivity index (χ2n) is 5.53. The molecule has 2 aromatic rings. The van der Waals surface area contributed by atoms with Gasteiger partial charge in [0.25, 0.3) is 0 Å². The molecule has 0 fully saturated rings. The van der Waals surface area contributed by atoms with Gasteiger partial charge in [-0.2, -0.15) is 0 Å². The maximum atomic E-state index is 12.8. The number of urea groups is 1. The van der Waals surface area contributed by atoms with Crippen molar-refractivity contribution < 1.29 is 14.3 Å². The van der Waals surface area contributed by atoms with Gasteiger partial charge in [0.15, 0.2) is 0 Å². The number of halogens is 1. The number of anilines is 1. The standard InChI is InChI=1S/C18H21FN2O2/c1-13(22)11-15(14-5-3-2-4-6-14)12-20-18(23)21-17-9-7-16(19)8-10-17/h2-10,13,15,22H,11-12H2,1H3,(H2,20,21,23). The summed E-state index contributed by atoms with van der Waals surface area (Å²) in [6, 6.07) is 15.0. The van der Waals surface area contributed by atoms with Crippen molar-refractivity contribution in [1.82, 2.24) is 5.32 Å². The lowest BCUT2D eigenvalue weighted by molar-refractivity contribution is 0.173. The molecular weight excluding hydrogens is 295 g/mol. The molecular formula is C18H21FN2O2. The van der Waals surface area contributed by atoms with Gasteiger partial charge in [-0.3, -0.25) is 0 Å². The van der Waals surface area contributed by atoms with E-state index in [0.29, 0.717) is 18.7 Å². The predicted octanol–water partition coefficient (Wildman–Crippen LogP) is 3.50. The molecule has 0 radical (unpaired) electrons. The zero-order chi connectivity index (χ0) is 16.7. The van der Waals surface area contributed by atoms with Gasteiger partial charge in [0.1, 0.15) is 5.82 Å². The van der Waals surface area contributed by atoms with Crippen LogP contribution in [0.1, 0.15) is 24.8 Å². The van der Waals surface area contributed by atoms with Gasteiger partial charge >= 0.3 is 6.03 Å². The van der Waals surface area contributed by atoms with Crippen molar-refractivity contribution in [2.24, 2.45) is 0 Å². The number of carbonyl (C=O) groups is 1. The molecule has 2 rings (SSSR count). The van der Waals surface area contributed by atoms with Crippen LogP contribution < -0.4 is 10.6 Å². The van der Waals surface area contributed by atoms with Crippen LogP contribution in [-0.2, 0) is 0 Å². The molecule has 0 saturated heterocycles. The zero-order valence-electron chi connectivity index (χ0n) is 13.0. The van der Waals surface area contributed by atoms with Crippen molar-refractivity contribution >= 4 is 11.7 Å². The maximum Gasteiger partial charge on any atom is 0.319 e. The Labute approximate surface area is 135 Å². The van der Waals surface area contributed by atoms with Gasteiger partial charge in [-0.15, -0.1) is 0 Å². The molecule has 2 amide bonds. The van der Waals surface area contributed by atoms with E-state index in [9.17, 15) is 14.3 Å². The second kappa shape index (κ2) is 8.29. The summed E-state index contributed by atoms with van der Waals surface area (Å²) in [7, 11) is 0.